The third-order valence-electron chi connectivity index (χ3n) is 4.75. The molecule has 0 radical (unpaired) electrons. The number of hydrogen-bond acceptors (Lipinski definition) is 2. The summed E-state index contributed by atoms with van der Waals surface area (Å²) in [5.41, 5.74) is 6.08. The molecule has 1 aromatic heterocycles. The molecule has 2 aromatic carbocycles. The van der Waals surface area contributed by atoms with Crippen LogP contribution in [-0.2, 0) is 12.8 Å². The van der Waals surface area contributed by atoms with E-state index in [0.717, 1.165) is 33.3 Å². The smallest absolute Gasteiger partial charge is 0.146 e. The standard InChI is InChI=1S/C21H19BrN2S/c1-14-5-4-6-17(13-14)24-19-8-3-2-7-18(19)21(25)23-20(24)15-9-11-16(22)12-10-15/h4-6,9-13H,2-3,7-8H2,1H3. The largest absolute Gasteiger partial charge is 0.298 e. The molecule has 0 bridgehead atoms. The molecule has 2 nitrogen and oxygen atoms in total. The van der Waals surface area contributed by atoms with E-state index < -0.39 is 0 Å². The summed E-state index contributed by atoms with van der Waals surface area (Å²) in [6.45, 7) is 2.13. The Kier molecular flexibility index (Phi) is 4.57. The van der Waals surface area contributed by atoms with Gasteiger partial charge in [-0.05, 0) is 62.4 Å². The van der Waals surface area contributed by atoms with Crippen molar-refractivity contribution in [3.05, 3.63) is 74.5 Å². The topological polar surface area (TPSA) is 17.8 Å². The molecule has 4 heteroatoms. The van der Waals surface area contributed by atoms with Gasteiger partial charge in [-0.3, -0.25) is 4.57 Å². The molecule has 0 spiro atoms. The van der Waals surface area contributed by atoms with Crippen LogP contribution in [0.3, 0.4) is 0 Å². The van der Waals surface area contributed by atoms with Crippen LogP contribution in [0.2, 0.25) is 0 Å². The highest BCUT2D eigenvalue weighted by Gasteiger charge is 2.20. The van der Waals surface area contributed by atoms with Crippen molar-refractivity contribution in [3.8, 4) is 17.1 Å². The molecule has 0 N–H and O–H groups in total. The Hall–Kier alpha value is -1.78. The maximum absolute atomic E-state index is 5.65. The Morgan fingerprint density at radius 1 is 1.04 bits per heavy atom. The van der Waals surface area contributed by atoms with Crippen LogP contribution in [0.1, 0.15) is 29.7 Å². The highest BCUT2D eigenvalue weighted by atomic mass is 79.9. The monoisotopic (exact) mass is 410 g/mol. The minimum Gasteiger partial charge on any atom is -0.298 e. The summed E-state index contributed by atoms with van der Waals surface area (Å²) in [4.78, 5) is 4.85. The van der Waals surface area contributed by atoms with E-state index in [9.17, 15) is 0 Å². The fourth-order valence-electron chi connectivity index (χ4n) is 3.55. The third-order valence-corrected chi connectivity index (χ3v) is 5.61. The lowest BCUT2D eigenvalue weighted by Gasteiger charge is -2.25. The van der Waals surface area contributed by atoms with Gasteiger partial charge >= 0.3 is 0 Å². The van der Waals surface area contributed by atoms with Gasteiger partial charge in [0.25, 0.3) is 0 Å². The van der Waals surface area contributed by atoms with Crippen LogP contribution < -0.4 is 0 Å². The summed E-state index contributed by atoms with van der Waals surface area (Å²) < 4.78 is 4.15. The fourth-order valence-corrected chi connectivity index (χ4v) is 4.12. The maximum Gasteiger partial charge on any atom is 0.146 e. The Bertz CT molecular complexity index is 990. The van der Waals surface area contributed by atoms with E-state index in [-0.39, 0.29) is 0 Å². The summed E-state index contributed by atoms with van der Waals surface area (Å²) in [6, 6.07) is 16.9. The number of aryl methyl sites for hydroxylation is 1. The number of aromatic nitrogens is 2. The molecule has 3 aromatic rings. The van der Waals surface area contributed by atoms with Crippen molar-refractivity contribution in [2.75, 3.05) is 0 Å². The predicted molar refractivity (Wildman–Crippen MR) is 109 cm³/mol. The first-order chi connectivity index (χ1) is 12.1. The van der Waals surface area contributed by atoms with Crippen molar-refractivity contribution in [2.45, 2.75) is 32.6 Å². The number of rotatable bonds is 2. The average molecular weight is 411 g/mol. The van der Waals surface area contributed by atoms with Gasteiger partial charge in [0, 0.05) is 27.0 Å². The minimum absolute atomic E-state index is 0.761. The van der Waals surface area contributed by atoms with E-state index in [2.05, 4.69) is 76.0 Å². The van der Waals surface area contributed by atoms with Crippen molar-refractivity contribution in [1.29, 1.82) is 0 Å². The molecule has 0 atom stereocenters. The zero-order valence-corrected chi connectivity index (χ0v) is 16.5. The SMILES string of the molecule is Cc1cccc(-n2c(-c3ccc(Br)cc3)nc(=S)c3c2CCCC3)c1. The Morgan fingerprint density at radius 3 is 2.56 bits per heavy atom. The van der Waals surface area contributed by atoms with E-state index in [1.54, 1.807) is 0 Å². The van der Waals surface area contributed by atoms with Crippen molar-refractivity contribution in [2.24, 2.45) is 0 Å². The molecular weight excluding hydrogens is 392 g/mol. The fraction of sp³-hybridized carbons (Fsp3) is 0.238. The zero-order chi connectivity index (χ0) is 17.4. The van der Waals surface area contributed by atoms with Crippen LogP contribution in [-0.4, -0.2) is 9.55 Å². The molecule has 0 fully saturated rings. The second-order valence-electron chi connectivity index (χ2n) is 6.55. The Labute approximate surface area is 161 Å². The Balaban J connectivity index is 2.04. The molecular formula is C21H19BrN2S. The van der Waals surface area contributed by atoms with Crippen LogP contribution in [0.5, 0.6) is 0 Å². The van der Waals surface area contributed by atoms with Crippen molar-refractivity contribution < 1.29 is 0 Å². The second-order valence-corrected chi connectivity index (χ2v) is 7.86. The van der Waals surface area contributed by atoms with Gasteiger partial charge in [-0.15, -0.1) is 0 Å². The van der Waals surface area contributed by atoms with E-state index in [4.69, 9.17) is 17.2 Å². The molecule has 1 aliphatic rings. The van der Waals surface area contributed by atoms with Gasteiger partial charge in [0.1, 0.15) is 10.5 Å². The molecule has 0 unspecified atom stereocenters. The van der Waals surface area contributed by atoms with Crippen LogP contribution in [0.4, 0.5) is 0 Å². The van der Waals surface area contributed by atoms with Crippen LogP contribution in [0, 0.1) is 11.6 Å². The van der Waals surface area contributed by atoms with E-state index >= 15 is 0 Å². The van der Waals surface area contributed by atoms with E-state index in [1.165, 1.54) is 35.3 Å². The lowest BCUT2D eigenvalue weighted by atomic mass is 9.96. The summed E-state index contributed by atoms with van der Waals surface area (Å²) in [5, 5.41) is 0. The summed E-state index contributed by atoms with van der Waals surface area (Å²) in [5.74, 6) is 0.934. The molecule has 0 saturated carbocycles. The van der Waals surface area contributed by atoms with E-state index in [1.807, 2.05) is 0 Å². The maximum atomic E-state index is 5.65. The number of fused-ring (bicyclic) bond motifs is 1. The Morgan fingerprint density at radius 2 is 1.80 bits per heavy atom. The minimum atomic E-state index is 0.761. The van der Waals surface area contributed by atoms with Gasteiger partial charge in [-0.25, -0.2) is 4.98 Å². The number of halogens is 1. The van der Waals surface area contributed by atoms with Gasteiger partial charge in [0.05, 0.1) is 0 Å². The number of nitrogens with zero attached hydrogens (tertiary/aromatic N) is 2. The normalized spacial score (nSPS) is 13.5. The van der Waals surface area contributed by atoms with Crippen molar-refractivity contribution in [1.82, 2.24) is 9.55 Å². The quantitative estimate of drug-likeness (QED) is 0.466. The van der Waals surface area contributed by atoms with Crippen molar-refractivity contribution >= 4 is 28.1 Å². The lowest BCUT2D eigenvalue weighted by Crippen LogP contribution is -2.17. The van der Waals surface area contributed by atoms with Crippen molar-refractivity contribution in [3.63, 3.8) is 0 Å². The van der Waals surface area contributed by atoms with Crippen LogP contribution >= 0.6 is 28.1 Å². The average Bonchev–Trinajstić information content (AvgIpc) is 2.62. The number of benzene rings is 2. The first-order valence-corrected chi connectivity index (χ1v) is 9.81. The molecule has 1 heterocycles. The first kappa shape index (κ1) is 16.7. The van der Waals surface area contributed by atoms with Crippen LogP contribution in [0.25, 0.3) is 17.1 Å². The van der Waals surface area contributed by atoms with Crippen LogP contribution in [0.15, 0.2) is 53.0 Å². The summed E-state index contributed by atoms with van der Waals surface area (Å²) >= 11 is 9.17. The molecule has 1 aliphatic carbocycles. The first-order valence-electron chi connectivity index (χ1n) is 8.61. The second kappa shape index (κ2) is 6.85. The predicted octanol–water partition coefficient (Wildman–Crippen LogP) is 6.22. The molecule has 126 valence electrons. The zero-order valence-electron chi connectivity index (χ0n) is 14.1. The van der Waals surface area contributed by atoms with E-state index in [0.29, 0.717) is 0 Å². The summed E-state index contributed by atoms with van der Waals surface area (Å²) in [6.07, 6.45) is 4.49. The highest BCUT2D eigenvalue weighted by molar-refractivity contribution is 9.10. The van der Waals surface area contributed by atoms with Gasteiger partial charge < -0.3 is 0 Å². The third kappa shape index (κ3) is 3.21. The molecule has 25 heavy (non-hydrogen) atoms. The summed E-state index contributed by atoms with van der Waals surface area (Å²) in [7, 11) is 0. The number of hydrogen-bond donors (Lipinski definition) is 0. The molecule has 0 amide bonds. The van der Waals surface area contributed by atoms with Gasteiger partial charge in [0.2, 0.25) is 0 Å². The van der Waals surface area contributed by atoms with Gasteiger partial charge in [0.15, 0.2) is 0 Å². The lowest BCUT2D eigenvalue weighted by molar-refractivity contribution is 0.642. The molecule has 0 saturated heterocycles. The highest BCUT2D eigenvalue weighted by Crippen LogP contribution is 2.31. The molecule has 0 aliphatic heterocycles. The van der Waals surface area contributed by atoms with Gasteiger partial charge in [-0.1, -0.05) is 52.4 Å². The molecule has 4 rings (SSSR count). The van der Waals surface area contributed by atoms with Gasteiger partial charge in [-0.2, -0.15) is 0 Å².